The van der Waals surface area contributed by atoms with E-state index in [0.717, 1.165) is 5.56 Å². The number of aromatic amines is 1. The first-order chi connectivity index (χ1) is 7.77. The van der Waals surface area contributed by atoms with Crippen LogP contribution < -0.4 is 0 Å². The van der Waals surface area contributed by atoms with Gasteiger partial charge in [-0.1, -0.05) is 0 Å². The number of aromatic nitrogens is 2. The van der Waals surface area contributed by atoms with Gasteiger partial charge in [0.05, 0.1) is 26.0 Å². The molecule has 0 spiro atoms. The van der Waals surface area contributed by atoms with E-state index in [1.165, 1.54) is 0 Å². The standard InChI is InChI=1S/C10H15N3O3/c1-13(6-8-4-11-12-5-8)10(14)9-7-15-2-3-16-9/h4-5,9H,2-3,6-7H2,1H3,(H,11,12). The van der Waals surface area contributed by atoms with E-state index in [-0.39, 0.29) is 5.91 Å². The molecule has 1 aliphatic rings. The minimum atomic E-state index is -0.467. The third-order valence-electron chi connectivity index (χ3n) is 2.44. The van der Waals surface area contributed by atoms with Crippen molar-refractivity contribution in [3.63, 3.8) is 0 Å². The van der Waals surface area contributed by atoms with Crippen molar-refractivity contribution in [2.75, 3.05) is 26.9 Å². The molecule has 0 aliphatic carbocycles. The number of hydrogen-bond acceptors (Lipinski definition) is 4. The van der Waals surface area contributed by atoms with Gasteiger partial charge in [0, 0.05) is 25.4 Å². The van der Waals surface area contributed by atoms with Crippen molar-refractivity contribution in [3.05, 3.63) is 18.0 Å². The van der Waals surface area contributed by atoms with Crippen molar-refractivity contribution in [2.24, 2.45) is 0 Å². The van der Waals surface area contributed by atoms with Gasteiger partial charge in [0.25, 0.3) is 5.91 Å². The number of H-pyrrole nitrogens is 1. The Hall–Kier alpha value is -1.40. The molecule has 2 rings (SSSR count). The van der Waals surface area contributed by atoms with Crippen LogP contribution in [0.15, 0.2) is 12.4 Å². The molecule has 0 aromatic carbocycles. The number of likely N-dealkylation sites (N-methyl/N-ethyl adjacent to an activating group) is 1. The zero-order chi connectivity index (χ0) is 11.4. The minimum absolute atomic E-state index is 0.0547. The highest BCUT2D eigenvalue weighted by molar-refractivity contribution is 5.80. The topological polar surface area (TPSA) is 67.5 Å². The zero-order valence-electron chi connectivity index (χ0n) is 9.18. The lowest BCUT2D eigenvalue weighted by molar-refractivity contribution is -0.157. The second-order valence-electron chi connectivity index (χ2n) is 3.74. The van der Waals surface area contributed by atoms with Gasteiger partial charge in [0.2, 0.25) is 0 Å². The van der Waals surface area contributed by atoms with E-state index in [1.54, 1.807) is 24.3 Å². The molecule has 1 aromatic rings. The Bertz CT molecular complexity index is 333. The van der Waals surface area contributed by atoms with Gasteiger partial charge in [-0.15, -0.1) is 0 Å². The van der Waals surface area contributed by atoms with E-state index in [0.29, 0.717) is 26.4 Å². The highest BCUT2D eigenvalue weighted by Crippen LogP contribution is 2.07. The lowest BCUT2D eigenvalue weighted by Gasteiger charge is -2.26. The Morgan fingerprint density at radius 3 is 3.19 bits per heavy atom. The predicted molar refractivity (Wildman–Crippen MR) is 55.6 cm³/mol. The molecule has 1 saturated heterocycles. The van der Waals surface area contributed by atoms with Crippen LogP contribution in [-0.2, 0) is 20.8 Å². The average Bonchev–Trinajstić information content (AvgIpc) is 2.82. The van der Waals surface area contributed by atoms with Gasteiger partial charge in [-0.3, -0.25) is 9.89 Å². The van der Waals surface area contributed by atoms with Crippen LogP contribution in [0.4, 0.5) is 0 Å². The summed E-state index contributed by atoms with van der Waals surface area (Å²) in [4.78, 5) is 13.5. The smallest absolute Gasteiger partial charge is 0.254 e. The lowest BCUT2D eigenvalue weighted by atomic mass is 10.2. The number of nitrogens with one attached hydrogen (secondary N) is 1. The summed E-state index contributed by atoms with van der Waals surface area (Å²) in [6.07, 6.45) is 3.00. The van der Waals surface area contributed by atoms with Crippen LogP contribution in [0.25, 0.3) is 0 Å². The van der Waals surface area contributed by atoms with E-state index in [2.05, 4.69) is 10.2 Å². The second-order valence-corrected chi connectivity index (χ2v) is 3.74. The molecule has 2 heterocycles. The van der Waals surface area contributed by atoms with Crippen LogP contribution in [0.1, 0.15) is 5.56 Å². The van der Waals surface area contributed by atoms with Gasteiger partial charge in [-0.05, 0) is 0 Å². The molecule has 1 amide bonds. The summed E-state index contributed by atoms with van der Waals surface area (Å²) < 4.78 is 10.5. The molecule has 1 aliphatic heterocycles. The molecule has 16 heavy (non-hydrogen) atoms. The number of nitrogens with zero attached hydrogens (tertiary/aromatic N) is 2. The van der Waals surface area contributed by atoms with Gasteiger partial charge in [0.1, 0.15) is 0 Å². The maximum atomic E-state index is 11.9. The highest BCUT2D eigenvalue weighted by atomic mass is 16.6. The number of amides is 1. The van der Waals surface area contributed by atoms with E-state index < -0.39 is 6.10 Å². The summed E-state index contributed by atoms with van der Waals surface area (Å²) in [6, 6.07) is 0. The number of carbonyl (C=O) groups excluding carboxylic acids is 1. The number of rotatable bonds is 3. The molecule has 88 valence electrons. The SMILES string of the molecule is CN(Cc1cn[nH]c1)C(=O)C1COCCO1. The second kappa shape index (κ2) is 5.09. The van der Waals surface area contributed by atoms with E-state index >= 15 is 0 Å². The summed E-state index contributed by atoms with van der Waals surface area (Å²) in [5.41, 5.74) is 0.965. The van der Waals surface area contributed by atoms with Crippen LogP contribution in [-0.4, -0.2) is 54.0 Å². The summed E-state index contributed by atoms with van der Waals surface area (Å²) in [7, 11) is 1.74. The molecule has 0 bridgehead atoms. The first-order valence-corrected chi connectivity index (χ1v) is 5.19. The average molecular weight is 225 g/mol. The van der Waals surface area contributed by atoms with Crippen molar-refractivity contribution >= 4 is 5.91 Å². The van der Waals surface area contributed by atoms with Gasteiger partial charge in [-0.25, -0.2) is 0 Å². The quantitative estimate of drug-likeness (QED) is 0.772. The summed E-state index contributed by atoms with van der Waals surface area (Å²) in [6.45, 7) is 1.91. The summed E-state index contributed by atoms with van der Waals surface area (Å²) in [5.74, 6) is -0.0547. The zero-order valence-corrected chi connectivity index (χ0v) is 9.18. The molecule has 6 heteroatoms. The van der Waals surface area contributed by atoms with Crippen LogP contribution in [0.5, 0.6) is 0 Å². The fraction of sp³-hybridized carbons (Fsp3) is 0.600. The van der Waals surface area contributed by atoms with Gasteiger partial charge in [-0.2, -0.15) is 5.10 Å². The van der Waals surface area contributed by atoms with Gasteiger partial charge < -0.3 is 14.4 Å². The largest absolute Gasteiger partial charge is 0.376 e. The molecule has 1 fully saturated rings. The first kappa shape index (κ1) is 11.1. The third-order valence-corrected chi connectivity index (χ3v) is 2.44. The normalized spacial score (nSPS) is 20.7. The van der Waals surface area contributed by atoms with Crippen LogP contribution >= 0.6 is 0 Å². The summed E-state index contributed by atoms with van der Waals surface area (Å²) in [5, 5.41) is 6.54. The molecule has 1 unspecified atom stereocenters. The van der Waals surface area contributed by atoms with E-state index in [4.69, 9.17) is 9.47 Å². The molecular formula is C10H15N3O3. The van der Waals surface area contributed by atoms with Crippen molar-refractivity contribution in [1.29, 1.82) is 0 Å². The third kappa shape index (κ3) is 2.59. The number of ether oxygens (including phenoxy) is 2. The molecule has 1 N–H and O–H groups in total. The van der Waals surface area contributed by atoms with Crippen LogP contribution in [0.2, 0.25) is 0 Å². The predicted octanol–water partition coefficient (Wildman–Crippen LogP) is -0.217. The van der Waals surface area contributed by atoms with Gasteiger partial charge >= 0.3 is 0 Å². The number of carbonyl (C=O) groups is 1. The van der Waals surface area contributed by atoms with E-state index in [1.807, 2.05) is 0 Å². The molecule has 6 nitrogen and oxygen atoms in total. The van der Waals surface area contributed by atoms with Crippen LogP contribution in [0, 0.1) is 0 Å². The Kier molecular flexibility index (Phi) is 3.53. The summed E-state index contributed by atoms with van der Waals surface area (Å²) >= 11 is 0. The molecule has 0 saturated carbocycles. The molecule has 0 radical (unpaired) electrons. The van der Waals surface area contributed by atoms with E-state index in [9.17, 15) is 4.79 Å². The molecule has 1 atom stereocenters. The fourth-order valence-electron chi connectivity index (χ4n) is 1.59. The Morgan fingerprint density at radius 2 is 2.56 bits per heavy atom. The maximum Gasteiger partial charge on any atom is 0.254 e. The highest BCUT2D eigenvalue weighted by Gasteiger charge is 2.25. The monoisotopic (exact) mass is 225 g/mol. The van der Waals surface area contributed by atoms with Crippen molar-refractivity contribution in [3.8, 4) is 0 Å². The lowest BCUT2D eigenvalue weighted by Crippen LogP contribution is -2.43. The van der Waals surface area contributed by atoms with Crippen LogP contribution in [0.3, 0.4) is 0 Å². The Balaban J connectivity index is 1.88. The minimum Gasteiger partial charge on any atom is -0.376 e. The van der Waals surface area contributed by atoms with Crippen molar-refractivity contribution < 1.29 is 14.3 Å². The first-order valence-electron chi connectivity index (χ1n) is 5.19. The Morgan fingerprint density at radius 1 is 1.69 bits per heavy atom. The van der Waals surface area contributed by atoms with Gasteiger partial charge in [0.15, 0.2) is 6.10 Å². The Labute approximate surface area is 93.5 Å². The molecular weight excluding hydrogens is 210 g/mol. The molecule has 1 aromatic heterocycles. The fourth-order valence-corrected chi connectivity index (χ4v) is 1.59. The maximum absolute atomic E-state index is 11.9. The number of hydrogen-bond donors (Lipinski definition) is 1. The van der Waals surface area contributed by atoms with Crippen molar-refractivity contribution in [1.82, 2.24) is 15.1 Å². The van der Waals surface area contributed by atoms with Crippen molar-refractivity contribution in [2.45, 2.75) is 12.6 Å².